The normalized spacial score (nSPS) is 16.6. The van der Waals surface area contributed by atoms with Gasteiger partial charge in [-0.15, -0.1) is 0 Å². The molecule has 6 nitrogen and oxygen atoms in total. The second-order valence-electron chi connectivity index (χ2n) is 9.86. The van der Waals surface area contributed by atoms with E-state index in [4.69, 9.17) is 0 Å². The minimum Gasteiger partial charge on any atom is -0.334 e. The molecule has 10 heteroatoms. The van der Waals surface area contributed by atoms with Gasteiger partial charge in [-0.1, -0.05) is 49.2 Å². The fraction of sp³-hybridized carbons (Fsp3) is 0.321. The molecule has 3 aromatic rings. The number of benzene rings is 3. The van der Waals surface area contributed by atoms with Crippen molar-refractivity contribution in [2.75, 3.05) is 18.5 Å². The van der Waals surface area contributed by atoms with E-state index in [0.29, 0.717) is 17.8 Å². The molecule has 2 aliphatic rings. The van der Waals surface area contributed by atoms with E-state index in [1.165, 1.54) is 31.3 Å². The number of carbonyl (C=O) groups excluding carboxylic acids is 1. The van der Waals surface area contributed by atoms with Crippen molar-refractivity contribution in [1.82, 2.24) is 10.0 Å². The Morgan fingerprint density at radius 1 is 1.00 bits per heavy atom. The second-order valence-corrected chi connectivity index (χ2v) is 11.7. The van der Waals surface area contributed by atoms with E-state index in [9.17, 15) is 26.4 Å². The molecule has 0 saturated heterocycles. The highest BCUT2D eigenvalue weighted by atomic mass is 32.2. The van der Waals surface area contributed by atoms with Crippen molar-refractivity contribution in [3.05, 3.63) is 83.4 Å². The number of alkyl halides is 3. The largest absolute Gasteiger partial charge is 0.417 e. The average molecular weight is 544 g/mol. The number of amides is 2. The summed E-state index contributed by atoms with van der Waals surface area (Å²) in [7, 11) is -2.21. The Kier molecular flexibility index (Phi) is 6.73. The van der Waals surface area contributed by atoms with Crippen LogP contribution in [0.15, 0.2) is 71.6 Å². The topological polar surface area (TPSA) is 78.5 Å². The standard InChI is InChI=1S/C28H28F3N3O3S/c1-32-38(36,37)21-11-8-19(9-12-21)17-33-26(35)34-18-27(14-4-5-15-27)24-16-20(10-13-25(24)34)22-6-2-3-7-23(22)28(29,30)31/h2-3,6-13,16,32H,4-5,14-15,17-18H2,1H3,(H,33,35). The molecule has 200 valence electrons. The zero-order chi connectivity index (χ0) is 27.1. The van der Waals surface area contributed by atoms with Crippen LogP contribution in [-0.2, 0) is 28.2 Å². The number of hydrogen-bond donors (Lipinski definition) is 2. The number of nitrogens with one attached hydrogen (secondary N) is 2. The van der Waals surface area contributed by atoms with Gasteiger partial charge in [-0.3, -0.25) is 4.90 Å². The third-order valence-corrected chi connectivity index (χ3v) is 9.05. The third-order valence-electron chi connectivity index (χ3n) is 7.61. The van der Waals surface area contributed by atoms with Crippen molar-refractivity contribution in [3.8, 4) is 11.1 Å². The molecular formula is C28H28F3N3O3S. The predicted octanol–water partition coefficient (Wildman–Crippen LogP) is 5.82. The Morgan fingerprint density at radius 2 is 1.68 bits per heavy atom. The molecule has 3 aromatic carbocycles. The van der Waals surface area contributed by atoms with Gasteiger partial charge in [-0.25, -0.2) is 17.9 Å². The Bertz CT molecular complexity index is 1460. The first-order valence-electron chi connectivity index (χ1n) is 12.4. The molecule has 0 unspecified atom stereocenters. The van der Waals surface area contributed by atoms with Crippen LogP contribution < -0.4 is 14.9 Å². The van der Waals surface area contributed by atoms with E-state index >= 15 is 0 Å². The first kappa shape index (κ1) is 26.2. The van der Waals surface area contributed by atoms with Gasteiger partial charge in [0, 0.05) is 24.2 Å². The number of nitrogens with zero attached hydrogens (tertiary/aromatic N) is 1. The maximum atomic E-state index is 13.7. The van der Waals surface area contributed by atoms with Crippen LogP contribution in [0, 0.1) is 0 Å². The Hall–Kier alpha value is -3.37. The Morgan fingerprint density at radius 3 is 2.34 bits per heavy atom. The molecule has 0 bridgehead atoms. The zero-order valence-corrected chi connectivity index (χ0v) is 21.6. The van der Waals surface area contributed by atoms with Gasteiger partial charge >= 0.3 is 12.2 Å². The van der Waals surface area contributed by atoms with Crippen LogP contribution in [-0.4, -0.2) is 28.0 Å². The molecule has 1 heterocycles. The summed E-state index contributed by atoms with van der Waals surface area (Å²) >= 11 is 0. The molecule has 1 spiro atoms. The van der Waals surface area contributed by atoms with E-state index in [1.807, 2.05) is 6.07 Å². The molecule has 38 heavy (non-hydrogen) atoms. The molecule has 1 saturated carbocycles. The van der Waals surface area contributed by atoms with Crippen LogP contribution >= 0.6 is 0 Å². The van der Waals surface area contributed by atoms with Gasteiger partial charge in [0.05, 0.1) is 10.5 Å². The van der Waals surface area contributed by atoms with E-state index in [1.54, 1.807) is 35.2 Å². The average Bonchev–Trinajstić information content (AvgIpc) is 3.52. The molecule has 5 rings (SSSR count). The summed E-state index contributed by atoms with van der Waals surface area (Å²) in [5.41, 5.74) is 2.03. The summed E-state index contributed by atoms with van der Waals surface area (Å²) in [5, 5.41) is 2.91. The summed E-state index contributed by atoms with van der Waals surface area (Å²) in [5.74, 6) is 0. The highest BCUT2D eigenvalue weighted by molar-refractivity contribution is 7.89. The van der Waals surface area contributed by atoms with Gasteiger partial charge in [0.25, 0.3) is 0 Å². The van der Waals surface area contributed by atoms with Gasteiger partial charge in [0.15, 0.2) is 0 Å². The van der Waals surface area contributed by atoms with Crippen molar-refractivity contribution >= 4 is 21.7 Å². The summed E-state index contributed by atoms with van der Waals surface area (Å²) in [4.78, 5) is 15.1. The van der Waals surface area contributed by atoms with Gasteiger partial charge in [-0.05, 0) is 72.5 Å². The summed E-state index contributed by atoms with van der Waals surface area (Å²) in [6, 6.07) is 16.7. The summed E-state index contributed by atoms with van der Waals surface area (Å²) in [6.07, 6.45) is -0.729. The fourth-order valence-electron chi connectivity index (χ4n) is 5.66. The van der Waals surface area contributed by atoms with Gasteiger partial charge in [0.2, 0.25) is 10.0 Å². The fourth-order valence-corrected chi connectivity index (χ4v) is 6.39. The number of rotatable bonds is 5. The smallest absolute Gasteiger partial charge is 0.334 e. The lowest BCUT2D eigenvalue weighted by atomic mass is 9.79. The molecule has 1 aliphatic heterocycles. The number of anilines is 1. The molecule has 0 radical (unpaired) electrons. The van der Waals surface area contributed by atoms with Crippen LogP contribution in [0.5, 0.6) is 0 Å². The van der Waals surface area contributed by atoms with E-state index in [-0.39, 0.29) is 28.4 Å². The molecular weight excluding hydrogens is 515 g/mol. The lowest BCUT2D eigenvalue weighted by Gasteiger charge is -2.25. The minimum absolute atomic E-state index is 0.127. The number of carbonyl (C=O) groups is 1. The Labute approximate surface area is 219 Å². The number of fused-ring (bicyclic) bond motifs is 2. The highest BCUT2D eigenvalue weighted by Gasteiger charge is 2.46. The van der Waals surface area contributed by atoms with Crippen molar-refractivity contribution in [2.45, 2.75) is 48.7 Å². The van der Waals surface area contributed by atoms with E-state index in [0.717, 1.165) is 42.9 Å². The van der Waals surface area contributed by atoms with Gasteiger partial charge < -0.3 is 5.32 Å². The van der Waals surface area contributed by atoms with Crippen molar-refractivity contribution in [1.29, 1.82) is 0 Å². The summed E-state index contributed by atoms with van der Waals surface area (Å²) in [6.45, 7) is 0.673. The first-order chi connectivity index (χ1) is 18.0. The van der Waals surface area contributed by atoms with Crippen molar-refractivity contribution in [2.24, 2.45) is 0 Å². The van der Waals surface area contributed by atoms with Gasteiger partial charge in [-0.2, -0.15) is 13.2 Å². The van der Waals surface area contributed by atoms with Crippen molar-refractivity contribution in [3.63, 3.8) is 0 Å². The molecule has 0 atom stereocenters. The second kappa shape index (κ2) is 9.74. The number of sulfonamides is 1. The number of hydrogen-bond acceptors (Lipinski definition) is 3. The maximum absolute atomic E-state index is 13.7. The lowest BCUT2D eigenvalue weighted by molar-refractivity contribution is -0.137. The SMILES string of the molecule is CNS(=O)(=O)c1ccc(CNC(=O)N2CC3(CCCC3)c3cc(-c4ccccc4C(F)(F)F)ccc32)cc1. The lowest BCUT2D eigenvalue weighted by Crippen LogP contribution is -2.41. The predicted molar refractivity (Wildman–Crippen MR) is 139 cm³/mol. The van der Waals surface area contributed by atoms with Crippen LogP contribution in [0.25, 0.3) is 11.1 Å². The molecule has 0 aromatic heterocycles. The monoisotopic (exact) mass is 543 g/mol. The Balaban J connectivity index is 1.41. The quantitative estimate of drug-likeness (QED) is 0.426. The van der Waals surface area contributed by atoms with Crippen molar-refractivity contribution < 1.29 is 26.4 Å². The van der Waals surface area contributed by atoms with E-state index in [2.05, 4.69) is 10.0 Å². The van der Waals surface area contributed by atoms with Crippen LogP contribution in [0.4, 0.5) is 23.7 Å². The number of halogens is 3. The number of urea groups is 1. The highest BCUT2D eigenvalue weighted by Crippen LogP contribution is 2.52. The molecule has 1 fully saturated rings. The van der Waals surface area contributed by atoms with Crippen LogP contribution in [0.2, 0.25) is 0 Å². The first-order valence-corrected chi connectivity index (χ1v) is 13.9. The minimum atomic E-state index is -4.47. The molecule has 2 amide bonds. The maximum Gasteiger partial charge on any atom is 0.417 e. The molecule has 2 N–H and O–H groups in total. The third kappa shape index (κ3) is 4.78. The van der Waals surface area contributed by atoms with Crippen LogP contribution in [0.3, 0.4) is 0 Å². The van der Waals surface area contributed by atoms with E-state index < -0.39 is 21.8 Å². The molecule has 1 aliphatic carbocycles. The summed E-state index contributed by atoms with van der Waals surface area (Å²) < 4.78 is 67.2. The van der Waals surface area contributed by atoms with Crippen LogP contribution in [0.1, 0.15) is 42.4 Å². The zero-order valence-electron chi connectivity index (χ0n) is 20.8. The van der Waals surface area contributed by atoms with Gasteiger partial charge in [0.1, 0.15) is 0 Å².